The number of nitrogens with zero attached hydrogens (tertiary/aromatic N) is 2. The lowest BCUT2D eigenvalue weighted by atomic mass is 9.92. The van der Waals surface area contributed by atoms with E-state index in [0.29, 0.717) is 6.04 Å². The third-order valence-electron chi connectivity index (χ3n) is 4.28. The van der Waals surface area contributed by atoms with Crippen LogP contribution < -0.4 is 5.32 Å². The van der Waals surface area contributed by atoms with Crippen LogP contribution in [0.5, 0.6) is 0 Å². The maximum Gasteiger partial charge on any atom is 0.0798 e. The van der Waals surface area contributed by atoms with Gasteiger partial charge in [0.2, 0.25) is 0 Å². The van der Waals surface area contributed by atoms with E-state index >= 15 is 0 Å². The van der Waals surface area contributed by atoms with Gasteiger partial charge in [0.05, 0.1) is 11.2 Å². The lowest BCUT2D eigenvalue weighted by Gasteiger charge is -2.45. The Labute approximate surface area is 115 Å². The summed E-state index contributed by atoms with van der Waals surface area (Å²) in [4.78, 5) is 8.43. The van der Waals surface area contributed by atoms with Gasteiger partial charge in [0, 0.05) is 36.1 Å². The normalized spacial score (nSPS) is 29.7. The number of aromatic nitrogens is 1. The molecule has 0 spiro atoms. The zero-order valence-electron chi connectivity index (χ0n) is 12.0. The highest BCUT2D eigenvalue weighted by Gasteiger charge is 2.33. The van der Waals surface area contributed by atoms with Gasteiger partial charge >= 0.3 is 0 Å². The first kappa shape index (κ1) is 14.0. The van der Waals surface area contributed by atoms with Crippen LogP contribution >= 0.6 is 11.3 Å². The van der Waals surface area contributed by atoms with Gasteiger partial charge in [0.1, 0.15) is 0 Å². The van der Waals surface area contributed by atoms with Gasteiger partial charge in [-0.2, -0.15) is 0 Å². The molecule has 102 valence electrons. The Morgan fingerprint density at radius 3 is 2.89 bits per heavy atom. The summed E-state index contributed by atoms with van der Waals surface area (Å²) < 4.78 is 0. The maximum absolute atomic E-state index is 4.37. The highest BCUT2D eigenvalue weighted by atomic mass is 32.1. The lowest BCUT2D eigenvalue weighted by molar-refractivity contribution is 0.0762. The van der Waals surface area contributed by atoms with Crippen LogP contribution in [0.25, 0.3) is 0 Å². The number of hydrogen-bond acceptors (Lipinski definition) is 4. The predicted octanol–water partition coefficient (Wildman–Crippen LogP) is 2.80. The molecule has 3 nitrogen and oxygen atoms in total. The maximum atomic E-state index is 4.37. The third kappa shape index (κ3) is 2.92. The molecule has 2 rings (SSSR count). The van der Waals surface area contributed by atoms with Crippen LogP contribution in [0.15, 0.2) is 5.51 Å². The summed E-state index contributed by atoms with van der Waals surface area (Å²) in [5.74, 6) is 0. The quantitative estimate of drug-likeness (QED) is 0.909. The molecule has 4 heteroatoms. The van der Waals surface area contributed by atoms with Crippen molar-refractivity contribution in [1.29, 1.82) is 0 Å². The number of hydrogen-bond donors (Lipinski definition) is 1. The molecule has 2 unspecified atom stereocenters. The molecular weight excluding hydrogens is 242 g/mol. The van der Waals surface area contributed by atoms with Crippen LogP contribution in [0, 0.1) is 6.92 Å². The summed E-state index contributed by atoms with van der Waals surface area (Å²) >= 11 is 1.79. The van der Waals surface area contributed by atoms with E-state index in [1.807, 2.05) is 5.51 Å². The number of aryl methyl sites for hydroxylation is 1. The van der Waals surface area contributed by atoms with Crippen LogP contribution in [0.3, 0.4) is 0 Å². The van der Waals surface area contributed by atoms with E-state index in [2.05, 4.69) is 42.9 Å². The van der Waals surface area contributed by atoms with Crippen LogP contribution in [0.4, 0.5) is 0 Å². The minimum absolute atomic E-state index is 0.268. The number of piperazine rings is 1. The Bertz CT molecular complexity index is 390. The summed E-state index contributed by atoms with van der Waals surface area (Å²) in [5, 5.41) is 3.72. The Morgan fingerprint density at radius 1 is 1.56 bits per heavy atom. The van der Waals surface area contributed by atoms with Crippen molar-refractivity contribution in [3.05, 3.63) is 16.1 Å². The first-order valence-corrected chi connectivity index (χ1v) is 7.84. The molecule has 0 saturated carbocycles. The average Bonchev–Trinajstić information content (AvgIpc) is 2.76. The topological polar surface area (TPSA) is 28.2 Å². The molecule has 2 atom stereocenters. The van der Waals surface area contributed by atoms with Crippen LogP contribution in [0.1, 0.15) is 44.2 Å². The van der Waals surface area contributed by atoms with Gasteiger partial charge in [-0.05, 0) is 26.7 Å². The molecule has 1 N–H and O–H groups in total. The van der Waals surface area contributed by atoms with Crippen molar-refractivity contribution in [3.8, 4) is 0 Å². The van der Waals surface area contributed by atoms with Gasteiger partial charge < -0.3 is 5.32 Å². The second kappa shape index (κ2) is 5.68. The van der Waals surface area contributed by atoms with E-state index in [-0.39, 0.29) is 5.54 Å². The van der Waals surface area contributed by atoms with Crippen LogP contribution in [-0.4, -0.2) is 34.6 Å². The molecule has 0 bridgehead atoms. The SMILES string of the molecule is CCC1CNC(C)(CC)CN1Cc1scnc1C. The van der Waals surface area contributed by atoms with Gasteiger partial charge in [-0.1, -0.05) is 13.8 Å². The van der Waals surface area contributed by atoms with E-state index in [1.165, 1.54) is 23.4 Å². The Balaban J connectivity index is 2.09. The molecule has 1 aliphatic heterocycles. The minimum Gasteiger partial charge on any atom is -0.309 e. The van der Waals surface area contributed by atoms with Crippen molar-refractivity contribution in [3.63, 3.8) is 0 Å². The molecular formula is C14H25N3S. The van der Waals surface area contributed by atoms with E-state index in [9.17, 15) is 0 Å². The third-order valence-corrected chi connectivity index (χ3v) is 5.20. The molecule has 0 amide bonds. The second-order valence-corrected chi connectivity index (χ2v) is 6.56. The Kier molecular flexibility index (Phi) is 4.41. The average molecular weight is 267 g/mol. The standard InChI is InChI=1S/C14H25N3S/c1-5-12-7-16-14(4,6-2)9-17(12)8-13-11(3)15-10-18-13/h10,12,16H,5-9H2,1-4H3. The summed E-state index contributed by atoms with van der Waals surface area (Å²) in [5.41, 5.74) is 3.43. The van der Waals surface area contributed by atoms with Gasteiger partial charge in [-0.15, -0.1) is 11.3 Å². The predicted molar refractivity (Wildman–Crippen MR) is 78.0 cm³/mol. The molecule has 0 radical (unpaired) electrons. The van der Waals surface area contributed by atoms with Crippen molar-refractivity contribution in [2.24, 2.45) is 0 Å². The first-order valence-electron chi connectivity index (χ1n) is 6.96. The van der Waals surface area contributed by atoms with Crippen LogP contribution in [-0.2, 0) is 6.54 Å². The minimum atomic E-state index is 0.268. The fourth-order valence-electron chi connectivity index (χ4n) is 2.61. The van der Waals surface area contributed by atoms with Crippen molar-refractivity contribution in [2.45, 2.75) is 58.7 Å². The van der Waals surface area contributed by atoms with Gasteiger partial charge in [-0.25, -0.2) is 4.98 Å². The van der Waals surface area contributed by atoms with Crippen molar-refractivity contribution < 1.29 is 0 Å². The smallest absolute Gasteiger partial charge is 0.0798 e. The molecule has 1 aromatic heterocycles. The number of thiazole rings is 1. The van der Waals surface area contributed by atoms with E-state index in [1.54, 1.807) is 11.3 Å². The zero-order valence-corrected chi connectivity index (χ0v) is 12.8. The zero-order chi connectivity index (χ0) is 13.2. The van der Waals surface area contributed by atoms with E-state index < -0.39 is 0 Å². The fourth-order valence-corrected chi connectivity index (χ4v) is 3.42. The molecule has 1 fully saturated rings. The van der Waals surface area contributed by atoms with Gasteiger partial charge in [0.15, 0.2) is 0 Å². The van der Waals surface area contributed by atoms with Crippen molar-refractivity contribution in [2.75, 3.05) is 13.1 Å². The largest absolute Gasteiger partial charge is 0.309 e. The van der Waals surface area contributed by atoms with Gasteiger partial charge in [0.25, 0.3) is 0 Å². The highest BCUT2D eigenvalue weighted by Crippen LogP contribution is 2.24. The summed E-state index contributed by atoms with van der Waals surface area (Å²) in [6.07, 6.45) is 2.40. The molecule has 1 aliphatic rings. The van der Waals surface area contributed by atoms with E-state index in [0.717, 1.165) is 19.6 Å². The second-order valence-electron chi connectivity index (χ2n) is 5.62. The number of nitrogens with one attached hydrogen (secondary N) is 1. The molecule has 0 aromatic carbocycles. The Hall–Kier alpha value is -0.450. The summed E-state index contributed by atoms with van der Waals surface area (Å²) in [6.45, 7) is 12.3. The molecule has 1 saturated heterocycles. The summed E-state index contributed by atoms with van der Waals surface area (Å²) in [7, 11) is 0. The Morgan fingerprint density at radius 2 is 2.33 bits per heavy atom. The summed E-state index contributed by atoms with van der Waals surface area (Å²) in [6, 6.07) is 0.658. The lowest BCUT2D eigenvalue weighted by Crippen LogP contribution is -2.62. The van der Waals surface area contributed by atoms with Crippen molar-refractivity contribution in [1.82, 2.24) is 15.2 Å². The first-order chi connectivity index (χ1) is 8.58. The molecule has 2 heterocycles. The molecule has 1 aromatic rings. The number of rotatable bonds is 4. The van der Waals surface area contributed by atoms with Gasteiger partial charge in [-0.3, -0.25) is 4.90 Å². The van der Waals surface area contributed by atoms with Crippen LogP contribution in [0.2, 0.25) is 0 Å². The monoisotopic (exact) mass is 267 g/mol. The molecule has 0 aliphatic carbocycles. The molecule has 18 heavy (non-hydrogen) atoms. The fraction of sp³-hybridized carbons (Fsp3) is 0.786. The van der Waals surface area contributed by atoms with E-state index in [4.69, 9.17) is 0 Å². The highest BCUT2D eigenvalue weighted by molar-refractivity contribution is 7.09. The van der Waals surface area contributed by atoms with Crippen molar-refractivity contribution >= 4 is 11.3 Å².